The minimum atomic E-state index is 0.0508. The molecule has 0 saturated heterocycles. The first kappa shape index (κ1) is 48.1. The lowest BCUT2D eigenvalue weighted by molar-refractivity contribution is 0.159. The molecule has 2 amide bonds. The summed E-state index contributed by atoms with van der Waals surface area (Å²) in [5.74, 6) is 0. The second-order valence-electron chi connectivity index (χ2n) is 15.1. The highest BCUT2D eigenvalue weighted by atomic mass is 16.3. The monoisotopic (exact) mass is 696 g/mol. The standard InChI is InChI=1S/C43H89N3O3/c1-3-5-7-9-11-13-15-17-19-21-23-25-27-29-31-33-36-46(43(49)44-35-38-45(39-41-47)40-42-48)37-34-32-30-28-26-24-22-20-18-16-14-12-10-8-6-4-2/h47-48H,3-42H2,1-2H3,(H,44,49). The molecule has 0 fully saturated rings. The van der Waals surface area contributed by atoms with Gasteiger partial charge in [-0.15, -0.1) is 0 Å². The number of urea groups is 1. The number of carbonyl (C=O) groups is 1. The smallest absolute Gasteiger partial charge is 0.317 e. The van der Waals surface area contributed by atoms with Gasteiger partial charge in [-0.05, 0) is 12.8 Å². The van der Waals surface area contributed by atoms with E-state index in [1.54, 1.807) is 0 Å². The summed E-state index contributed by atoms with van der Waals surface area (Å²) in [5, 5.41) is 21.7. The second-order valence-corrected chi connectivity index (χ2v) is 15.1. The Hall–Kier alpha value is -0.850. The molecule has 0 aliphatic heterocycles. The Morgan fingerprint density at radius 3 is 0.918 bits per heavy atom. The van der Waals surface area contributed by atoms with E-state index in [2.05, 4.69) is 24.1 Å². The van der Waals surface area contributed by atoms with Crippen LogP contribution < -0.4 is 5.32 Å². The molecule has 0 aromatic heterocycles. The van der Waals surface area contributed by atoms with Crippen LogP contribution in [0.4, 0.5) is 4.79 Å². The maximum absolute atomic E-state index is 13.1. The number of aliphatic hydroxyl groups excluding tert-OH is 2. The first-order chi connectivity index (χ1) is 24.2. The van der Waals surface area contributed by atoms with Crippen molar-refractivity contribution in [3.63, 3.8) is 0 Å². The van der Waals surface area contributed by atoms with E-state index in [4.69, 9.17) is 0 Å². The van der Waals surface area contributed by atoms with Gasteiger partial charge in [0.2, 0.25) is 0 Å². The third kappa shape index (κ3) is 36.7. The number of rotatable bonds is 41. The molecule has 6 nitrogen and oxygen atoms in total. The summed E-state index contributed by atoms with van der Waals surface area (Å²) in [6.07, 6.45) is 43.6. The van der Waals surface area contributed by atoms with E-state index in [0.717, 1.165) is 25.9 Å². The Bertz CT molecular complexity index is 593. The summed E-state index contributed by atoms with van der Waals surface area (Å²) >= 11 is 0. The second kappa shape index (κ2) is 41.6. The molecule has 0 aromatic carbocycles. The average Bonchev–Trinajstić information content (AvgIpc) is 3.10. The van der Waals surface area contributed by atoms with Crippen molar-refractivity contribution >= 4 is 6.03 Å². The zero-order chi connectivity index (χ0) is 35.7. The quantitative estimate of drug-likeness (QED) is 0.0557. The molecule has 0 bridgehead atoms. The predicted molar refractivity (Wildman–Crippen MR) is 215 cm³/mol. The summed E-state index contributed by atoms with van der Waals surface area (Å²) in [4.78, 5) is 17.2. The number of hydrogen-bond acceptors (Lipinski definition) is 4. The Balaban J connectivity index is 4.08. The minimum Gasteiger partial charge on any atom is -0.395 e. The third-order valence-electron chi connectivity index (χ3n) is 10.4. The van der Waals surface area contributed by atoms with Crippen molar-refractivity contribution in [2.24, 2.45) is 0 Å². The van der Waals surface area contributed by atoms with E-state index in [9.17, 15) is 15.0 Å². The highest BCUT2D eigenvalue weighted by molar-refractivity contribution is 5.74. The average molecular weight is 696 g/mol. The lowest BCUT2D eigenvalue weighted by Gasteiger charge is -2.25. The molecule has 0 aromatic rings. The van der Waals surface area contributed by atoms with Gasteiger partial charge in [-0.1, -0.05) is 206 Å². The predicted octanol–water partition coefficient (Wildman–Crippen LogP) is 11.8. The van der Waals surface area contributed by atoms with Crippen molar-refractivity contribution < 1.29 is 15.0 Å². The van der Waals surface area contributed by atoms with E-state index in [0.29, 0.717) is 26.2 Å². The molecule has 3 N–H and O–H groups in total. The lowest BCUT2D eigenvalue weighted by atomic mass is 10.0. The topological polar surface area (TPSA) is 76.0 Å². The van der Waals surface area contributed by atoms with Crippen molar-refractivity contribution in [1.29, 1.82) is 0 Å². The van der Waals surface area contributed by atoms with E-state index < -0.39 is 0 Å². The largest absolute Gasteiger partial charge is 0.395 e. The number of aliphatic hydroxyl groups is 2. The van der Waals surface area contributed by atoms with Crippen LogP contribution in [0.2, 0.25) is 0 Å². The van der Waals surface area contributed by atoms with Gasteiger partial charge in [0, 0.05) is 39.3 Å². The van der Waals surface area contributed by atoms with Crippen LogP contribution in [-0.4, -0.2) is 78.5 Å². The number of hydrogen-bond donors (Lipinski definition) is 3. The van der Waals surface area contributed by atoms with Crippen LogP contribution >= 0.6 is 0 Å². The van der Waals surface area contributed by atoms with Crippen LogP contribution in [0.1, 0.15) is 219 Å². The summed E-state index contributed by atoms with van der Waals surface area (Å²) in [5.41, 5.74) is 0. The van der Waals surface area contributed by atoms with E-state index in [1.165, 1.54) is 193 Å². The Labute approximate surface area is 307 Å². The van der Waals surface area contributed by atoms with Crippen molar-refractivity contribution in [2.75, 3.05) is 52.5 Å². The van der Waals surface area contributed by atoms with Crippen LogP contribution in [0.15, 0.2) is 0 Å². The van der Waals surface area contributed by atoms with Gasteiger partial charge in [0.25, 0.3) is 0 Å². The molecule has 0 atom stereocenters. The molecule has 0 rings (SSSR count). The highest BCUT2D eigenvalue weighted by Gasteiger charge is 2.13. The number of amides is 2. The number of nitrogens with zero attached hydrogens (tertiary/aromatic N) is 2. The maximum Gasteiger partial charge on any atom is 0.317 e. The fourth-order valence-corrected chi connectivity index (χ4v) is 7.07. The molecule has 0 heterocycles. The zero-order valence-corrected chi connectivity index (χ0v) is 33.5. The number of nitrogens with one attached hydrogen (secondary N) is 1. The molecule has 0 aliphatic carbocycles. The zero-order valence-electron chi connectivity index (χ0n) is 33.5. The fourth-order valence-electron chi connectivity index (χ4n) is 7.07. The van der Waals surface area contributed by atoms with Crippen molar-refractivity contribution in [3.05, 3.63) is 0 Å². The molecule has 294 valence electrons. The van der Waals surface area contributed by atoms with Gasteiger partial charge in [0.1, 0.15) is 0 Å². The molecule has 0 radical (unpaired) electrons. The van der Waals surface area contributed by atoms with Gasteiger partial charge in [-0.25, -0.2) is 4.79 Å². The summed E-state index contributed by atoms with van der Waals surface area (Å²) in [7, 11) is 0. The van der Waals surface area contributed by atoms with Gasteiger partial charge < -0.3 is 20.4 Å². The fraction of sp³-hybridized carbons (Fsp3) is 0.977. The minimum absolute atomic E-state index is 0.0508. The third-order valence-corrected chi connectivity index (χ3v) is 10.4. The van der Waals surface area contributed by atoms with E-state index in [1.807, 2.05) is 4.90 Å². The molecule has 0 saturated carbocycles. The van der Waals surface area contributed by atoms with Crippen LogP contribution in [-0.2, 0) is 0 Å². The molecule has 49 heavy (non-hydrogen) atoms. The van der Waals surface area contributed by atoms with E-state index in [-0.39, 0.29) is 19.2 Å². The number of carbonyl (C=O) groups excluding carboxylic acids is 1. The van der Waals surface area contributed by atoms with Gasteiger partial charge in [-0.2, -0.15) is 0 Å². The van der Waals surface area contributed by atoms with Crippen LogP contribution in [0.25, 0.3) is 0 Å². The summed E-state index contributed by atoms with van der Waals surface area (Å²) < 4.78 is 0. The molecule has 6 heteroatoms. The first-order valence-corrected chi connectivity index (χ1v) is 22.2. The molecule has 0 unspecified atom stereocenters. The van der Waals surface area contributed by atoms with Gasteiger partial charge in [0.05, 0.1) is 13.2 Å². The maximum atomic E-state index is 13.1. The van der Waals surface area contributed by atoms with Crippen molar-refractivity contribution in [3.8, 4) is 0 Å². The van der Waals surface area contributed by atoms with Crippen LogP contribution in [0.5, 0.6) is 0 Å². The van der Waals surface area contributed by atoms with Crippen LogP contribution in [0.3, 0.4) is 0 Å². The normalized spacial score (nSPS) is 11.5. The molecule has 0 spiro atoms. The van der Waals surface area contributed by atoms with Crippen molar-refractivity contribution in [1.82, 2.24) is 15.1 Å². The first-order valence-electron chi connectivity index (χ1n) is 22.2. The SMILES string of the molecule is CCCCCCCCCCCCCCCCCCN(CCCCCCCCCCCCCCCCCC)C(=O)NCCN(CCO)CCO. The molecular formula is C43H89N3O3. The Morgan fingerprint density at radius 2 is 0.653 bits per heavy atom. The van der Waals surface area contributed by atoms with Crippen LogP contribution in [0, 0.1) is 0 Å². The molecule has 0 aliphatic rings. The summed E-state index contributed by atoms with van der Waals surface area (Å²) in [6, 6.07) is 0.0508. The number of unbranched alkanes of at least 4 members (excludes halogenated alkanes) is 30. The Kier molecular flexibility index (Phi) is 40.8. The van der Waals surface area contributed by atoms with Crippen molar-refractivity contribution in [2.45, 2.75) is 219 Å². The van der Waals surface area contributed by atoms with Gasteiger partial charge >= 0.3 is 6.03 Å². The van der Waals surface area contributed by atoms with Gasteiger partial charge in [0.15, 0.2) is 0 Å². The van der Waals surface area contributed by atoms with E-state index >= 15 is 0 Å². The Morgan fingerprint density at radius 1 is 0.388 bits per heavy atom. The lowest BCUT2D eigenvalue weighted by Crippen LogP contribution is -2.44. The molecular weight excluding hydrogens is 606 g/mol. The highest BCUT2D eigenvalue weighted by Crippen LogP contribution is 2.16. The van der Waals surface area contributed by atoms with Gasteiger partial charge in [-0.3, -0.25) is 4.90 Å². The summed E-state index contributed by atoms with van der Waals surface area (Å²) in [6.45, 7) is 8.66.